The number of anilines is 1. The number of esters is 2. The van der Waals surface area contributed by atoms with E-state index in [-0.39, 0.29) is 22.0 Å². The highest BCUT2D eigenvalue weighted by Gasteiger charge is 2.29. The number of aryl methyl sites for hydroxylation is 1. The second-order valence-corrected chi connectivity index (χ2v) is 7.88. The number of aromatic nitrogens is 2. The summed E-state index contributed by atoms with van der Waals surface area (Å²) in [5.74, 6) is -1.60. The molecule has 1 N–H and O–H groups in total. The first kappa shape index (κ1) is 22.9. The number of methoxy groups -OCH3 is 1. The summed E-state index contributed by atoms with van der Waals surface area (Å²) in [6.07, 6.45) is 0.649. The molecule has 0 bridgehead atoms. The van der Waals surface area contributed by atoms with Gasteiger partial charge in [0.25, 0.3) is 0 Å². The van der Waals surface area contributed by atoms with Crippen LogP contribution in [-0.2, 0) is 14.3 Å². The fraction of sp³-hybridized carbons (Fsp3) is 0.474. The summed E-state index contributed by atoms with van der Waals surface area (Å²) in [5, 5.41) is 7.75. The van der Waals surface area contributed by atoms with E-state index in [9.17, 15) is 14.4 Å². The van der Waals surface area contributed by atoms with Crippen LogP contribution in [-0.4, -0.2) is 41.3 Å². The van der Waals surface area contributed by atoms with Gasteiger partial charge in [0.2, 0.25) is 5.91 Å². The minimum Gasteiger partial charge on any atom is -0.465 e. The van der Waals surface area contributed by atoms with E-state index in [0.29, 0.717) is 28.4 Å². The van der Waals surface area contributed by atoms with Gasteiger partial charge in [-0.05, 0) is 39.7 Å². The summed E-state index contributed by atoms with van der Waals surface area (Å²) in [6, 6.07) is -0.690. The number of hydrogen-bond acceptors (Lipinski definition) is 7. The van der Waals surface area contributed by atoms with Gasteiger partial charge in [-0.2, -0.15) is 5.10 Å². The second-order valence-electron chi connectivity index (χ2n) is 6.48. The van der Waals surface area contributed by atoms with E-state index in [4.69, 9.17) is 21.1 Å². The van der Waals surface area contributed by atoms with Gasteiger partial charge in [-0.3, -0.25) is 9.48 Å². The molecular formula is C19H24ClN3O5S. The smallest absolute Gasteiger partial charge is 0.348 e. The third-order valence-corrected chi connectivity index (χ3v) is 6.11. The molecule has 2 aromatic rings. The van der Waals surface area contributed by atoms with Crippen LogP contribution >= 0.6 is 22.9 Å². The van der Waals surface area contributed by atoms with Crippen LogP contribution in [0.2, 0.25) is 5.02 Å². The van der Waals surface area contributed by atoms with E-state index in [1.165, 1.54) is 11.8 Å². The molecular weight excluding hydrogens is 418 g/mol. The molecule has 1 amide bonds. The van der Waals surface area contributed by atoms with Crippen molar-refractivity contribution in [3.05, 3.63) is 32.4 Å². The molecule has 0 aliphatic heterocycles. The van der Waals surface area contributed by atoms with E-state index in [0.717, 1.165) is 11.3 Å². The highest BCUT2D eigenvalue weighted by molar-refractivity contribution is 7.18. The Hall–Kier alpha value is -2.39. The monoisotopic (exact) mass is 441 g/mol. The van der Waals surface area contributed by atoms with Crippen molar-refractivity contribution in [1.29, 1.82) is 0 Å². The molecule has 0 fully saturated rings. The molecule has 2 heterocycles. The Morgan fingerprint density at radius 3 is 2.41 bits per heavy atom. The van der Waals surface area contributed by atoms with Crippen LogP contribution in [0.25, 0.3) is 0 Å². The maximum atomic E-state index is 12.9. The molecule has 158 valence electrons. The van der Waals surface area contributed by atoms with E-state index >= 15 is 0 Å². The first-order valence-electron chi connectivity index (χ1n) is 9.04. The van der Waals surface area contributed by atoms with Crippen molar-refractivity contribution in [2.45, 2.75) is 47.1 Å². The van der Waals surface area contributed by atoms with Gasteiger partial charge in [0.1, 0.15) is 15.9 Å². The molecule has 2 rings (SSSR count). The maximum absolute atomic E-state index is 12.9. The van der Waals surface area contributed by atoms with Crippen molar-refractivity contribution < 1.29 is 23.9 Å². The summed E-state index contributed by atoms with van der Waals surface area (Å²) < 4.78 is 11.5. The Morgan fingerprint density at radius 1 is 1.24 bits per heavy atom. The van der Waals surface area contributed by atoms with Gasteiger partial charge in [-0.15, -0.1) is 11.3 Å². The lowest BCUT2D eigenvalue weighted by atomic mass is 10.1. The molecule has 8 nitrogen and oxygen atoms in total. The summed E-state index contributed by atoms with van der Waals surface area (Å²) in [5.41, 5.74) is 1.83. The van der Waals surface area contributed by atoms with E-state index < -0.39 is 23.9 Å². The summed E-state index contributed by atoms with van der Waals surface area (Å²) >= 11 is 7.14. The minimum absolute atomic E-state index is 0.149. The van der Waals surface area contributed by atoms with Crippen molar-refractivity contribution in [3.8, 4) is 0 Å². The molecule has 0 spiro atoms. The van der Waals surface area contributed by atoms with Crippen LogP contribution in [0.5, 0.6) is 0 Å². The average Bonchev–Trinajstić information content (AvgIpc) is 3.15. The van der Waals surface area contributed by atoms with Crippen molar-refractivity contribution in [2.75, 3.05) is 19.0 Å². The molecule has 0 radical (unpaired) electrons. The minimum atomic E-state index is -0.690. The Morgan fingerprint density at radius 2 is 1.90 bits per heavy atom. The normalized spacial score (nSPS) is 11.8. The Bertz CT molecular complexity index is 950. The number of amides is 1. The second kappa shape index (κ2) is 9.41. The first-order valence-corrected chi connectivity index (χ1v) is 10.2. The molecule has 0 aromatic carbocycles. The largest absolute Gasteiger partial charge is 0.465 e. The van der Waals surface area contributed by atoms with Gasteiger partial charge >= 0.3 is 11.9 Å². The van der Waals surface area contributed by atoms with Crippen LogP contribution in [0, 0.1) is 20.8 Å². The number of nitrogens with zero attached hydrogens (tertiary/aromatic N) is 2. The van der Waals surface area contributed by atoms with Gasteiger partial charge in [0, 0.05) is 0 Å². The SMILES string of the molecule is CCCOC(=O)c1c(NC(=O)C(C)n2nc(C)c(Cl)c2C)sc(C(=O)OC)c1C. The molecule has 10 heteroatoms. The predicted molar refractivity (Wildman–Crippen MR) is 111 cm³/mol. The van der Waals surface area contributed by atoms with E-state index in [1.54, 1.807) is 27.7 Å². The summed E-state index contributed by atoms with van der Waals surface area (Å²) in [7, 11) is 1.25. The number of hydrogen-bond donors (Lipinski definition) is 1. The number of carbonyl (C=O) groups excluding carboxylic acids is 3. The van der Waals surface area contributed by atoms with Crippen molar-refractivity contribution in [2.24, 2.45) is 0 Å². The number of nitrogens with one attached hydrogen (secondary N) is 1. The Kier molecular flexibility index (Phi) is 7.43. The van der Waals surface area contributed by atoms with Crippen LogP contribution in [0.3, 0.4) is 0 Å². The van der Waals surface area contributed by atoms with Gasteiger partial charge in [-0.25, -0.2) is 9.59 Å². The Labute approximate surface area is 178 Å². The maximum Gasteiger partial charge on any atom is 0.348 e. The molecule has 0 aliphatic carbocycles. The van der Waals surface area contributed by atoms with Crippen molar-refractivity contribution >= 4 is 45.8 Å². The molecule has 0 saturated carbocycles. The molecule has 29 heavy (non-hydrogen) atoms. The zero-order chi connectivity index (χ0) is 21.9. The number of carbonyl (C=O) groups is 3. The lowest BCUT2D eigenvalue weighted by Gasteiger charge is -2.14. The molecule has 1 atom stereocenters. The van der Waals surface area contributed by atoms with E-state index in [1.807, 2.05) is 6.92 Å². The number of ether oxygens (including phenoxy) is 2. The topological polar surface area (TPSA) is 99.5 Å². The summed E-state index contributed by atoms with van der Waals surface area (Å²) in [4.78, 5) is 37.7. The number of rotatable bonds is 7. The third kappa shape index (κ3) is 4.62. The molecule has 0 aliphatic rings. The number of thiophene rings is 1. The van der Waals surface area contributed by atoms with Gasteiger partial charge in [-0.1, -0.05) is 18.5 Å². The van der Waals surface area contributed by atoms with E-state index in [2.05, 4.69) is 10.4 Å². The van der Waals surface area contributed by atoms with Crippen LogP contribution < -0.4 is 5.32 Å². The summed E-state index contributed by atoms with van der Waals surface area (Å²) in [6.45, 7) is 8.91. The van der Waals surface area contributed by atoms with Gasteiger partial charge in [0.05, 0.1) is 35.7 Å². The predicted octanol–water partition coefficient (Wildman–Crippen LogP) is 4.08. The fourth-order valence-electron chi connectivity index (χ4n) is 2.75. The highest BCUT2D eigenvalue weighted by atomic mass is 35.5. The quantitative estimate of drug-likeness (QED) is 0.650. The third-order valence-electron chi connectivity index (χ3n) is 4.38. The average molecular weight is 442 g/mol. The number of halogens is 1. The highest BCUT2D eigenvalue weighted by Crippen LogP contribution is 2.35. The van der Waals surface area contributed by atoms with Crippen LogP contribution in [0.4, 0.5) is 5.00 Å². The lowest BCUT2D eigenvalue weighted by molar-refractivity contribution is -0.119. The standard InChI is InChI=1S/C19H24ClN3O5S/c1-7-8-28-18(25)13-9(2)15(19(26)27-6)29-17(13)21-16(24)12(5)23-11(4)14(20)10(3)22-23/h12H,7-8H2,1-6H3,(H,21,24). The Balaban J connectivity index is 2.39. The van der Waals surface area contributed by atoms with Gasteiger partial charge in [0.15, 0.2) is 0 Å². The van der Waals surface area contributed by atoms with Crippen molar-refractivity contribution in [1.82, 2.24) is 9.78 Å². The molecule has 2 aromatic heterocycles. The zero-order valence-electron chi connectivity index (χ0n) is 17.2. The van der Waals surface area contributed by atoms with Gasteiger partial charge < -0.3 is 14.8 Å². The lowest BCUT2D eigenvalue weighted by Crippen LogP contribution is -2.25. The van der Waals surface area contributed by atoms with Crippen LogP contribution in [0.1, 0.15) is 63.3 Å². The molecule has 0 saturated heterocycles. The van der Waals surface area contributed by atoms with Crippen LogP contribution in [0.15, 0.2) is 0 Å². The van der Waals surface area contributed by atoms with Crippen molar-refractivity contribution in [3.63, 3.8) is 0 Å². The first-order chi connectivity index (χ1) is 13.6. The fourth-order valence-corrected chi connectivity index (χ4v) is 3.99. The molecule has 1 unspecified atom stereocenters. The zero-order valence-corrected chi connectivity index (χ0v) is 18.8.